The van der Waals surface area contributed by atoms with E-state index in [0.717, 1.165) is 16.7 Å². The summed E-state index contributed by atoms with van der Waals surface area (Å²) in [5, 5.41) is 29.9. The first-order valence-electron chi connectivity index (χ1n) is 11.5. The lowest BCUT2D eigenvalue weighted by molar-refractivity contribution is -0.150. The molecule has 0 aliphatic carbocycles. The number of rotatable bonds is 8. The van der Waals surface area contributed by atoms with E-state index in [2.05, 4.69) is 5.32 Å². The Bertz CT molecular complexity index is 1240. The number of nitrogens with two attached hydrogens (primary N) is 1. The number of nitrogens with one attached hydrogen (secondary N) is 2. The lowest BCUT2D eigenvalue weighted by Gasteiger charge is -2.34. The number of ether oxygens (including phenoxy) is 1. The Morgan fingerprint density at radius 3 is 2.47 bits per heavy atom. The Morgan fingerprint density at radius 1 is 1.11 bits per heavy atom. The second-order valence-electron chi connectivity index (χ2n) is 8.38. The van der Waals surface area contributed by atoms with E-state index in [4.69, 9.17) is 15.9 Å². The minimum absolute atomic E-state index is 0.0540. The van der Waals surface area contributed by atoms with Gasteiger partial charge in [0, 0.05) is 30.1 Å². The standard InChI is InChI=1S/C27H28N4O5/c28-25(29)19-5-9-20(10-6-19)30-26(34)23(33)24-27(35)31(14-16-36-24)21-11-7-18(8-12-21)22-4-2-1-3-17(22)13-15-32/h1-12,23-24,32-33H,13-16H2,(H3,28,29)(H,30,34)/t23-,24?/m1/s1. The maximum absolute atomic E-state index is 13.1. The molecule has 2 atom stereocenters. The van der Waals surface area contributed by atoms with Crippen LogP contribution >= 0.6 is 0 Å². The summed E-state index contributed by atoms with van der Waals surface area (Å²) in [6, 6.07) is 21.5. The van der Waals surface area contributed by atoms with Crippen molar-refractivity contribution in [2.45, 2.75) is 18.6 Å². The number of amides is 2. The zero-order chi connectivity index (χ0) is 25.7. The molecule has 6 N–H and O–H groups in total. The summed E-state index contributed by atoms with van der Waals surface area (Å²) in [5.74, 6) is -1.39. The third-order valence-corrected chi connectivity index (χ3v) is 6.03. The van der Waals surface area contributed by atoms with Gasteiger partial charge in [-0.25, -0.2) is 0 Å². The molecule has 1 aliphatic rings. The highest BCUT2D eigenvalue weighted by molar-refractivity contribution is 6.04. The van der Waals surface area contributed by atoms with E-state index in [9.17, 15) is 19.8 Å². The van der Waals surface area contributed by atoms with Crippen molar-refractivity contribution in [3.8, 4) is 11.1 Å². The first kappa shape index (κ1) is 25.1. The summed E-state index contributed by atoms with van der Waals surface area (Å²) >= 11 is 0. The third-order valence-electron chi connectivity index (χ3n) is 6.03. The van der Waals surface area contributed by atoms with Crippen LogP contribution in [-0.4, -0.2) is 59.8 Å². The number of aliphatic hydroxyl groups excluding tert-OH is 2. The molecule has 2 amide bonds. The zero-order valence-electron chi connectivity index (χ0n) is 19.6. The Kier molecular flexibility index (Phi) is 7.74. The summed E-state index contributed by atoms with van der Waals surface area (Å²) in [4.78, 5) is 27.2. The average Bonchev–Trinajstić information content (AvgIpc) is 2.89. The van der Waals surface area contributed by atoms with Gasteiger partial charge in [-0.3, -0.25) is 15.0 Å². The van der Waals surface area contributed by atoms with Crippen LogP contribution in [0, 0.1) is 5.41 Å². The molecule has 0 bridgehead atoms. The minimum atomic E-state index is -1.71. The predicted octanol–water partition coefficient (Wildman–Crippen LogP) is 1.90. The molecule has 0 radical (unpaired) electrons. The largest absolute Gasteiger partial charge is 0.396 e. The van der Waals surface area contributed by atoms with Crippen molar-refractivity contribution >= 4 is 29.0 Å². The van der Waals surface area contributed by atoms with Crippen LogP contribution in [-0.2, 0) is 20.7 Å². The van der Waals surface area contributed by atoms with Gasteiger partial charge in [0.2, 0.25) is 0 Å². The van der Waals surface area contributed by atoms with Gasteiger partial charge < -0.3 is 30.9 Å². The number of carbonyl (C=O) groups is 2. The van der Waals surface area contributed by atoms with Crippen molar-refractivity contribution in [2.24, 2.45) is 5.73 Å². The summed E-state index contributed by atoms with van der Waals surface area (Å²) in [6.07, 6.45) is -2.51. The minimum Gasteiger partial charge on any atom is -0.396 e. The van der Waals surface area contributed by atoms with Crippen LogP contribution in [0.5, 0.6) is 0 Å². The molecule has 186 valence electrons. The fourth-order valence-electron chi connectivity index (χ4n) is 4.14. The van der Waals surface area contributed by atoms with E-state index in [1.807, 2.05) is 48.5 Å². The molecule has 1 heterocycles. The van der Waals surface area contributed by atoms with Crippen molar-refractivity contribution in [2.75, 3.05) is 30.0 Å². The van der Waals surface area contributed by atoms with Crippen molar-refractivity contribution < 1.29 is 24.5 Å². The van der Waals surface area contributed by atoms with Gasteiger partial charge in [-0.1, -0.05) is 36.4 Å². The first-order valence-corrected chi connectivity index (χ1v) is 11.5. The number of hydrogen-bond donors (Lipinski definition) is 5. The number of aliphatic hydroxyl groups is 2. The zero-order valence-corrected chi connectivity index (χ0v) is 19.6. The second kappa shape index (κ2) is 11.1. The number of nitrogens with zero attached hydrogens (tertiary/aromatic N) is 1. The van der Waals surface area contributed by atoms with Crippen LogP contribution in [0.3, 0.4) is 0 Å². The molecule has 3 aromatic rings. The van der Waals surface area contributed by atoms with Crippen molar-refractivity contribution in [3.05, 3.63) is 83.9 Å². The Morgan fingerprint density at radius 2 is 1.81 bits per heavy atom. The molecule has 9 nitrogen and oxygen atoms in total. The molecule has 1 saturated heterocycles. The molecule has 4 rings (SSSR count). The van der Waals surface area contributed by atoms with E-state index in [-0.39, 0.29) is 25.6 Å². The molecule has 1 aliphatic heterocycles. The van der Waals surface area contributed by atoms with Gasteiger partial charge in [-0.05, 0) is 59.5 Å². The number of nitrogen functional groups attached to an aromatic ring is 1. The molecule has 9 heteroatoms. The van der Waals surface area contributed by atoms with Crippen molar-refractivity contribution in [1.82, 2.24) is 0 Å². The van der Waals surface area contributed by atoms with Gasteiger partial charge in [0.15, 0.2) is 12.2 Å². The van der Waals surface area contributed by atoms with Gasteiger partial charge in [0.25, 0.3) is 11.8 Å². The number of benzene rings is 3. The van der Waals surface area contributed by atoms with Gasteiger partial charge in [-0.15, -0.1) is 0 Å². The lowest BCUT2D eigenvalue weighted by atomic mass is 9.97. The van der Waals surface area contributed by atoms with Crippen molar-refractivity contribution in [3.63, 3.8) is 0 Å². The quantitative estimate of drug-likeness (QED) is 0.242. The Balaban J connectivity index is 1.45. The molecular weight excluding hydrogens is 460 g/mol. The summed E-state index contributed by atoms with van der Waals surface area (Å²) < 4.78 is 5.48. The number of morpholine rings is 1. The fraction of sp³-hybridized carbons (Fsp3) is 0.222. The predicted molar refractivity (Wildman–Crippen MR) is 137 cm³/mol. The highest BCUT2D eigenvalue weighted by Crippen LogP contribution is 2.28. The lowest BCUT2D eigenvalue weighted by Crippen LogP contribution is -2.55. The van der Waals surface area contributed by atoms with E-state index in [1.54, 1.807) is 24.3 Å². The Labute approximate surface area is 208 Å². The summed E-state index contributed by atoms with van der Waals surface area (Å²) in [7, 11) is 0. The van der Waals surface area contributed by atoms with Crippen LogP contribution in [0.25, 0.3) is 11.1 Å². The Hall–Kier alpha value is -4.05. The van der Waals surface area contributed by atoms with E-state index >= 15 is 0 Å². The molecule has 0 saturated carbocycles. The maximum Gasteiger partial charge on any atom is 0.259 e. The van der Waals surface area contributed by atoms with Crippen LogP contribution in [0.2, 0.25) is 0 Å². The number of amidine groups is 1. The molecule has 0 spiro atoms. The first-order chi connectivity index (χ1) is 17.4. The highest BCUT2D eigenvalue weighted by Gasteiger charge is 2.39. The van der Waals surface area contributed by atoms with Gasteiger partial charge in [0.05, 0.1) is 6.61 Å². The van der Waals surface area contributed by atoms with Crippen LogP contribution < -0.4 is 16.0 Å². The van der Waals surface area contributed by atoms with Crippen LogP contribution in [0.15, 0.2) is 72.8 Å². The van der Waals surface area contributed by atoms with Crippen LogP contribution in [0.1, 0.15) is 11.1 Å². The highest BCUT2D eigenvalue weighted by atomic mass is 16.5. The van der Waals surface area contributed by atoms with Crippen molar-refractivity contribution in [1.29, 1.82) is 5.41 Å². The van der Waals surface area contributed by atoms with E-state index in [1.165, 1.54) is 4.90 Å². The van der Waals surface area contributed by atoms with Gasteiger partial charge in [-0.2, -0.15) is 0 Å². The normalized spacial score (nSPS) is 16.4. The third kappa shape index (κ3) is 5.44. The van der Waals surface area contributed by atoms with Crippen LogP contribution in [0.4, 0.5) is 11.4 Å². The molecule has 1 unspecified atom stereocenters. The molecule has 3 aromatic carbocycles. The summed E-state index contributed by atoms with van der Waals surface area (Å²) in [5.41, 5.74) is 9.94. The van der Waals surface area contributed by atoms with Gasteiger partial charge >= 0.3 is 0 Å². The molecular formula is C27H28N4O5. The van der Waals surface area contributed by atoms with E-state index in [0.29, 0.717) is 23.4 Å². The smallest absolute Gasteiger partial charge is 0.259 e. The monoisotopic (exact) mass is 488 g/mol. The SMILES string of the molecule is N=C(N)c1ccc(NC(=O)[C@H](O)C2OCCN(c3ccc(-c4ccccc4CCO)cc3)C2=O)cc1. The summed E-state index contributed by atoms with van der Waals surface area (Å²) in [6.45, 7) is 0.504. The van der Waals surface area contributed by atoms with E-state index < -0.39 is 24.0 Å². The topological polar surface area (TPSA) is 149 Å². The fourth-order valence-corrected chi connectivity index (χ4v) is 4.14. The number of anilines is 2. The molecule has 36 heavy (non-hydrogen) atoms. The molecule has 1 fully saturated rings. The average molecular weight is 489 g/mol. The number of hydrogen-bond acceptors (Lipinski definition) is 6. The van der Waals surface area contributed by atoms with Gasteiger partial charge in [0.1, 0.15) is 5.84 Å². The molecule has 0 aromatic heterocycles. The number of carbonyl (C=O) groups excluding carboxylic acids is 2. The maximum atomic E-state index is 13.1. The second-order valence-corrected chi connectivity index (χ2v) is 8.38.